The van der Waals surface area contributed by atoms with Crippen molar-refractivity contribution in [3.63, 3.8) is 0 Å². The van der Waals surface area contributed by atoms with Crippen molar-refractivity contribution in [1.29, 1.82) is 0 Å². The summed E-state index contributed by atoms with van der Waals surface area (Å²) in [4.78, 5) is 38.3. The number of methoxy groups -OCH3 is 1. The molecule has 1 atom stereocenters. The lowest BCUT2D eigenvalue weighted by Gasteiger charge is -2.19. The molecule has 0 radical (unpaired) electrons. The zero-order valence-electron chi connectivity index (χ0n) is 22.7. The lowest BCUT2D eigenvalue weighted by molar-refractivity contribution is -0.231. The fraction of sp³-hybridized carbons (Fsp3) is 0.207. The molecular formula is C29H25F4N5O5. The van der Waals surface area contributed by atoms with Crippen LogP contribution in [-0.2, 0) is 26.7 Å². The van der Waals surface area contributed by atoms with Crippen molar-refractivity contribution in [1.82, 2.24) is 15.2 Å². The Morgan fingerprint density at radius 2 is 1.63 bits per heavy atom. The van der Waals surface area contributed by atoms with Gasteiger partial charge in [-0.05, 0) is 72.0 Å². The number of hydrogen-bond acceptors (Lipinski definition) is 7. The summed E-state index contributed by atoms with van der Waals surface area (Å²) < 4.78 is 59.6. The highest BCUT2D eigenvalue weighted by atomic mass is 19.3. The Hall–Kier alpha value is -5.11. The molecule has 4 rings (SSSR count). The molecule has 5 N–H and O–H groups in total. The van der Waals surface area contributed by atoms with E-state index in [9.17, 15) is 31.9 Å². The highest BCUT2D eigenvalue weighted by Crippen LogP contribution is 2.42. The molecule has 0 bridgehead atoms. The molecule has 3 aromatic carbocycles. The number of ether oxygens (including phenoxy) is 1. The van der Waals surface area contributed by atoms with E-state index in [1.54, 1.807) is 12.1 Å². The summed E-state index contributed by atoms with van der Waals surface area (Å²) in [6.07, 6.45) is 0.223. The van der Waals surface area contributed by atoms with Crippen LogP contribution < -0.4 is 11.1 Å². The number of amides is 1. The van der Waals surface area contributed by atoms with Crippen LogP contribution >= 0.6 is 0 Å². The number of halogens is 4. The number of carboxylic acids is 1. The van der Waals surface area contributed by atoms with E-state index >= 15 is 0 Å². The first-order valence-electron chi connectivity index (χ1n) is 12.6. The van der Waals surface area contributed by atoms with Crippen molar-refractivity contribution in [3.8, 4) is 22.5 Å². The van der Waals surface area contributed by atoms with Crippen molar-refractivity contribution < 1.29 is 41.8 Å². The summed E-state index contributed by atoms with van der Waals surface area (Å²) in [6, 6.07) is 17.3. The minimum atomic E-state index is -5.42. The maximum atomic E-state index is 14.0. The Labute approximate surface area is 241 Å². The number of H-pyrrole nitrogens is 1. The van der Waals surface area contributed by atoms with E-state index in [1.165, 1.54) is 31.4 Å². The van der Waals surface area contributed by atoms with Gasteiger partial charge in [0.15, 0.2) is 5.82 Å². The van der Waals surface area contributed by atoms with E-state index in [-0.39, 0.29) is 17.8 Å². The summed E-state index contributed by atoms with van der Waals surface area (Å²) in [5.41, 5.74) is 10.5. The van der Waals surface area contributed by atoms with E-state index in [1.807, 2.05) is 37.3 Å². The minimum absolute atomic E-state index is 0.158. The lowest BCUT2D eigenvalue weighted by atomic mass is 9.96. The number of esters is 1. The van der Waals surface area contributed by atoms with Gasteiger partial charge in [0.25, 0.3) is 0 Å². The van der Waals surface area contributed by atoms with Gasteiger partial charge >= 0.3 is 23.8 Å². The van der Waals surface area contributed by atoms with Crippen LogP contribution in [0.3, 0.4) is 0 Å². The van der Waals surface area contributed by atoms with Crippen molar-refractivity contribution in [2.75, 3.05) is 12.4 Å². The van der Waals surface area contributed by atoms with E-state index in [4.69, 9.17) is 15.6 Å². The molecule has 1 heterocycles. The Morgan fingerprint density at radius 3 is 2.21 bits per heavy atom. The van der Waals surface area contributed by atoms with Gasteiger partial charge in [0.05, 0.1) is 18.7 Å². The molecule has 0 spiro atoms. The Kier molecular flexibility index (Phi) is 8.62. The predicted octanol–water partition coefficient (Wildman–Crippen LogP) is 4.55. The van der Waals surface area contributed by atoms with Gasteiger partial charge in [-0.2, -0.15) is 22.7 Å². The minimum Gasteiger partial charge on any atom is -0.477 e. The van der Waals surface area contributed by atoms with Crippen LogP contribution in [0.5, 0.6) is 0 Å². The number of aryl methyl sites for hydroxylation is 1. The van der Waals surface area contributed by atoms with Gasteiger partial charge in [0, 0.05) is 11.3 Å². The molecule has 0 aliphatic carbocycles. The normalized spacial score (nSPS) is 12.4. The number of nitrogens with two attached hydrogens (primary N) is 1. The van der Waals surface area contributed by atoms with Crippen molar-refractivity contribution >= 4 is 23.5 Å². The molecule has 0 saturated carbocycles. The number of aliphatic carboxylic acids is 1. The molecule has 14 heteroatoms. The monoisotopic (exact) mass is 599 g/mol. The highest BCUT2D eigenvalue weighted by Gasteiger charge is 2.66. The van der Waals surface area contributed by atoms with Crippen molar-refractivity contribution in [2.24, 2.45) is 5.73 Å². The second-order valence-electron chi connectivity index (χ2n) is 9.56. The molecule has 0 aliphatic heterocycles. The van der Waals surface area contributed by atoms with Gasteiger partial charge in [-0.15, -0.1) is 0 Å². The molecule has 1 unspecified atom stereocenters. The van der Waals surface area contributed by atoms with Crippen LogP contribution in [0.15, 0.2) is 66.7 Å². The fourth-order valence-corrected chi connectivity index (χ4v) is 4.15. The standard InChI is InChI=1S/C29H25F4N5O5/c1-15-13-19(25(40)43-2)9-12-21(15)17-5-3-16(4-6-17)14-22(34)24(39)35-20-10-7-18(8-11-20)23-36-26(38-37-23)28(30,31)29(32,33)27(41)42/h3-13,22H,14,34H2,1-2H3,(H,35,39)(H,41,42)(H,36,37,38). The van der Waals surface area contributed by atoms with Crippen molar-refractivity contribution in [2.45, 2.75) is 31.2 Å². The first-order chi connectivity index (χ1) is 20.2. The molecule has 0 saturated heterocycles. The fourth-order valence-electron chi connectivity index (χ4n) is 4.15. The number of carbonyl (C=O) groups is 3. The number of carbonyl (C=O) groups excluding carboxylic acids is 2. The van der Waals surface area contributed by atoms with Crippen LogP contribution in [0.2, 0.25) is 0 Å². The maximum absolute atomic E-state index is 14.0. The van der Waals surface area contributed by atoms with E-state index in [0.29, 0.717) is 11.3 Å². The Morgan fingerprint density at radius 1 is 1.00 bits per heavy atom. The van der Waals surface area contributed by atoms with Gasteiger partial charge in [-0.25, -0.2) is 14.6 Å². The molecule has 224 valence electrons. The number of hydrogen-bond donors (Lipinski definition) is 4. The number of aromatic amines is 1. The maximum Gasteiger partial charge on any atom is 0.411 e. The third-order valence-electron chi connectivity index (χ3n) is 6.56. The third kappa shape index (κ3) is 6.38. The lowest BCUT2D eigenvalue weighted by Crippen LogP contribution is -2.45. The number of nitrogens with zero attached hydrogens (tertiary/aromatic N) is 2. The summed E-state index contributed by atoms with van der Waals surface area (Å²) in [6.45, 7) is 1.88. The molecule has 43 heavy (non-hydrogen) atoms. The molecule has 1 aromatic heterocycles. The predicted molar refractivity (Wildman–Crippen MR) is 147 cm³/mol. The Balaban J connectivity index is 1.37. The molecule has 4 aromatic rings. The van der Waals surface area contributed by atoms with Gasteiger partial charge in [0.1, 0.15) is 0 Å². The first kappa shape index (κ1) is 30.8. The van der Waals surface area contributed by atoms with E-state index in [0.717, 1.165) is 22.3 Å². The second-order valence-corrected chi connectivity index (χ2v) is 9.56. The largest absolute Gasteiger partial charge is 0.477 e. The molecule has 0 aliphatic rings. The van der Waals surface area contributed by atoms with Crippen LogP contribution in [0.4, 0.5) is 23.2 Å². The van der Waals surface area contributed by atoms with Crippen molar-refractivity contribution in [3.05, 3.63) is 89.2 Å². The summed E-state index contributed by atoms with van der Waals surface area (Å²) in [5.74, 6) is -16.5. The molecule has 10 nitrogen and oxygen atoms in total. The van der Waals surface area contributed by atoms with Crippen LogP contribution in [0.1, 0.15) is 27.3 Å². The van der Waals surface area contributed by atoms with Gasteiger partial charge in [-0.1, -0.05) is 30.3 Å². The highest BCUT2D eigenvalue weighted by molar-refractivity contribution is 5.95. The molecule has 1 amide bonds. The number of alkyl halides is 4. The van der Waals surface area contributed by atoms with Crippen LogP contribution in [0, 0.1) is 6.92 Å². The van der Waals surface area contributed by atoms with E-state index < -0.39 is 41.6 Å². The molecular weight excluding hydrogens is 574 g/mol. The summed E-state index contributed by atoms with van der Waals surface area (Å²) >= 11 is 0. The average molecular weight is 600 g/mol. The number of nitrogens with one attached hydrogen (secondary N) is 2. The third-order valence-corrected chi connectivity index (χ3v) is 6.56. The average Bonchev–Trinajstić information content (AvgIpc) is 3.49. The second kappa shape index (κ2) is 12.0. The van der Waals surface area contributed by atoms with Gasteiger partial charge < -0.3 is 20.9 Å². The quantitative estimate of drug-likeness (QED) is 0.153. The number of rotatable bonds is 10. The van der Waals surface area contributed by atoms with Crippen LogP contribution in [0.25, 0.3) is 22.5 Å². The molecule has 0 fully saturated rings. The zero-order chi connectivity index (χ0) is 31.5. The van der Waals surface area contributed by atoms with Crippen LogP contribution in [-0.4, -0.2) is 57.2 Å². The Bertz CT molecular complexity index is 1660. The number of anilines is 1. The number of aromatic nitrogens is 3. The smallest absolute Gasteiger partial charge is 0.411 e. The number of carboxylic acid groups (broad SMARTS) is 1. The van der Waals surface area contributed by atoms with Gasteiger partial charge in [-0.3, -0.25) is 9.89 Å². The van der Waals surface area contributed by atoms with Gasteiger partial charge in [0.2, 0.25) is 11.7 Å². The zero-order valence-corrected chi connectivity index (χ0v) is 22.7. The van der Waals surface area contributed by atoms with E-state index in [2.05, 4.69) is 20.5 Å². The number of benzene rings is 3. The SMILES string of the molecule is COC(=O)c1ccc(-c2ccc(CC(N)C(=O)Nc3ccc(-c4nc(C(F)(F)C(F)(F)C(=O)O)n[nH]4)cc3)cc2)c(C)c1. The first-order valence-corrected chi connectivity index (χ1v) is 12.6. The summed E-state index contributed by atoms with van der Waals surface area (Å²) in [7, 11) is 1.32. The summed E-state index contributed by atoms with van der Waals surface area (Å²) in [5, 5.41) is 16.2. The topological polar surface area (TPSA) is 160 Å².